The van der Waals surface area contributed by atoms with Crippen molar-refractivity contribution in [1.82, 2.24) is 9.80 Å². The number of carbonyl (C=O) groups excluding carboxylic acids is 1. The Morgan fingerprint density at radius 1 is 1.19 bits per heavy atom. The molecule has 3 rings (SSSR count). The number of rotatable bonds is 1. The van der Waals surface area contributed by atoms with Crippen LogP contribution in [0, 0.1) is 0 Å². The monoisotopic (exact) mass is 215 g/mol. The number of amides is 1. The predicted molar refractivity (Wildman–Crippen MR) is 56.5 cm³/mol. The first kappa shape index (κ1) is 8.84. The van der Waals surface area contributed by atoms with Gasteiger partial charge in [0, 0.05) is 12.4 Å². The van der Waals surface area contributed by atoms with Gasteiger partial charge in [0.2, 0.25) is 11.6 Å². The molecule has 0 saturated heterocycles. The minimum atomic E-state index is -0.572. The molecule has 0 fully saturated rings. The summed E-state index contributed by atoms with van der Waals surface area (Å²) >= 11 is 0. The third-order valence-corrected chi connectivity index (χ3v) is 2.41. The van der Waals surface area contributed by atoms with Gasteiger partial charge in [-0.2, -0.15) is 0 Å². The Labute approximate surface area is 92.1 Å². The number of nitrogens with zero attached hydrogens (tertiary/aromatic N) is 2. The fourth-order valence-electron chi connectivity index (χ4n) is 1.65. The molecule has 5 nitrogen and oxygen atoms in total. The molecule has 0 aromatic heterocycles. The van der Waals surface area contributed by atoms with Gasteiger partial charge >= 0.3 is 0 Å². The third kappa shape index (κ3) is 1.22. The Balaban J connectivity index is 1.96. The van der Waals surface area contributed by atoms with E-state index in [0.717, 1.165) is 5.70 Å². The standard InChI is InChI=1S/C11H9N3O2/c12-11(15)9-6-14-5-8-3-1-2-4-13(8)7-10(14)16-9/h1-7H,(H2,12,15). The zero-order chi connectivity index (χ0) is 11.1. The molecule has 3 aliphatic heterocycles. The van der Waals surface area contributed by atoms with Crippen molar-refractivity contribution in [2.24, 2.45) is 5.73 Å². The van der Waals surface area contributed by atoms with Gasteiger partial charge < -0.3 is 15.4 Å². The molecule has 5 heteroatoms. The number of primary amides is 1. The van der Waals surface area contributed by atoms with Crippen LogP contribution in [0.3, 0.4) is 0 Å². The van der Waals surface area contributed by atoms with Gasteiger partial charge in [-0.25, -0.2) is 0 Å². The number of allylic oxidation sites excluding steroid dienone is 3. The highest BCUT2D eigenvalue weighted by Gasteiger charge is 2.27. The van der Waals surface area contributed by atoms with E-state index in [4.69, 9.17) is 10.5 Å². The molecule has 0 radical (unpaired) electrons. The average molecular weight is 215 g/mol. The van der Waals surface area contributed by atoms with Crippen molar-refractivity contribution in [3.63, 3.8) is 0 Å². The van der Waals surface area contributed by atoms with E-state index >= 15 is 0 Å². The van der Waals surface area contributed by atoms with E-state index in [1.54, 1.807) is 17.3 Å². The van der Waals surface area contributed by atoms with Crippen LogP contribution in [0.2, 0.25) is 0 Å². The number of carbonyl (C=O) groups is 1. The van der Waals surface area contributed by atoms with Crippen LogP contribution in [-0.4, -0.2) is 15.7 Å². The van der Waals surface area contributed by atoms with Gasteiger partial charge in [0.1, 0.15) is 0 Å². The molecule has 16 heavy (non-hydrogen) atoms. The Morgan fingerprint density at radius 2 is 2.06 bits per heavy atom. The molecule has 0 atom stereocenters. The summed E-state index contributed by atoms with van der Waals surface area (Å²) < 4.78 is 5.31. The fraction of sp³-hybridized carbons (Fsp3) is 0. The molecule has 80 valence electrons. The molecule has 0 aliphatic carbocycles. The molecule has 0 saturated carbocycles. The quantitative estimate of drug-likeness (QED) is 0.699. The molecular weight excluding hydrogens is 206 g/mol. The largest absolute Gasteiger partial charge is 0.432 e. The molecule has 0 unspecified atom stereocenters. The summed E-state index contributed by atoms with van der Waals surface area (Å²) in [6.45, 7) is 0. The van der Waals surface area contributed by atoms with Crippen molar-refractivity contribution < 1.29 is 9.53 Å². The highest BCUT2D eigenvalue weighted by molar-refractivity contribution is 5.90. The van der Waals surface area contributed by atoms with Crippen molar-refractivity contribution in [3.05, 3.63) is 60.4 Å². The van der Waals surface area contributed by atoms with Crippen LogP contribution in [0.5, 0.6) is 0 Å². The lowest BCUT2D eigenvalue weighted by Gasteiger charge is -2.27. The summed E-state index contributed by atoms with van der Waals surface area (Å²) in [6, 6.07) is 0. The van der Waals surface area contributed by atoms with Crippen LogP contribution in [-0.2, 0) is 9.53 Å². The summed E-state index contributed by atoms with van der Waals surface area (Å²) in [7, 11) is 0. The summed E-state index contributed by atoms with van der Waals surface area (Å²) in [4.78, 5) is 14.6. The van der Waals surface area contributed by atoms with Crippen molar-refractivity contribution in [2.75, 3.05) is 0 Å². The zero-order valence-electron chi connectivity index (χ0n) is 8.33. The van der Waals surface area contributed by atoms with Gasteiger partial charge in [-0.05, 0) is 12.2 Å². The van der Waals surface area contributed by atoms with Crippen LogP contribution in [0.15, 0.2) is 60.4 Å². The number of fused-ring (bicyclic) bond motifs is 2. The zero-order valence-corrected chi connectivity index (χ0v) is 8.33. The number of nitrogens with two attached hydrogens (primary N) is 1. The third-order valence-electron chi connectivity index (χ3n) is 2.41. The summed E-state index contributed by atoms with van der Waals surface area (Å²) in [6.07, 6.45) is 13.0. The fourth-order valence-corrected chi connectivity index (χ4v) is 1.65. The molecule has 1 amide bonds. The second kappa shape index (κ2) is 3.03. The Morgan fingerprint density at radius 3 is 2.88 bits per heavy atom. The van der Waals surface area contributed by atoms with Gasteiger partial charge in [0.25, 0.3) is 5.91 Å². The topological polar surface area (TPSA) is 58.8 Å². The number of hydrogen-bond acceptors (Lipinski definition) is 4. The molecule has 3 heterocycles. The van der Waals surface area contributed by atoms with Crippen LogP contribution >= 0.6 is 0 Å². The number of ether oxygens (including phenoxy) is 1. The maximum Gasteiger partial charge on any atom is 0.286 e. The number of hydrogen-bond donors (Lipinski definition) is 1. The first-order valence-electron chi connectivity index (χ1n) is 4.79. The average Bonchev–Trinajstić information content (AvgIpc) is 2.68. The van der Waals surface area contributed by atoms with Crippen molar-refractivity contribution in [2.45, 2.75) is 0 Å². The van der Waals surface area contributed by atoms with E-state index in [-0.39, 0.29) is 5.76 Å². The van der Waals surface area contributed by atoms with Crippen LogP contribution < -0.4 is 5.73 Å². The maximum atomic E-state index is 11.0. The second-order valence-electron chi connectivity index (χ2n) is 3.50. The Kier molecular flexibility index (Phi) is 1.67. The predicted octanol–water partition coefficient (Wildman–Crippen LogP) is 0.685. The molecule has 0 aromatic rings. The maximum absolute atomic E-state index is 11.0. The Hall–Kier alpha value is -2.43. The minimum absolute atomic E-state index is 0.149. The highest BCUT2D eigenvalue weighted by atomic mass is 16.5. The van der Waals surface area contributed by atoms with Crippen LogP contribution in [0.1, 0.15) is 0 Å². The smallest absolute Gasteiger partial charge is 0.286 e. The SMILES string of the molecule is NC(=O)C1=CN2C=C3C=CC=CN3C=C2O1. The molecule has 2 N–H and O–H groups in total. The van der Waals surface area contributed by atoms with E-state index in [0.29, 0.717) is 5.88 Å². The van der Waals surface area contributed by atoms with Crippen molar-refractivity contribution in [3.8, 4) is 0 Å². The second-order valence-corrected chi connectivity index (χ2v) is 3.50. The minimum Gasteiger partial charge on any atom is -0.432 e. The van der Waals surface area contributed by atoms with E-state index in [1.807, 2.05) is 35.5 Å². The molecule has 0 spiro atoms. The first-order valence-corrected chi connectivity index (χ1v) is 4.79. The first-order chi connectivity index (χ1) is 7.74. The van der Waals surface area contributed by atoms with Gasteiger partial charge in [-0.3, -0.25) is 9.69 Å². The van der Waals surface area contributed by atoms with E-state index in [2.05, 4.69) is 0 Å². The highest BCUT2D eigenvalue weighted by Crippen LogP contribution is 2.29. The normalized spacial score (nSPS) is 20.6. The van der Waals surface area contributed by atoms with E-state index in [1.165, 1.54) is 0 Å². The molecule has 3 aliphatic rings. The van der Waals surface area contributed by atoms with Crippen LogP contribution in [0.4, 0.5) is 0 Å². The summed E-state index contributed by atoms with van der Waals surface area (Å²) in [5.41, 5.74) is 6.15. The lowest BCUT2D eigenvalue weighted by Crippen LogP contribution is -2.21. The van der Waals surface area contributed by atoms with Crippen molar-refractivity contribution in [1.29, 1.82) is 0 Å². The van der Waals surface area contributed by atoms with Gasteiger partial charge in [0.05, 0.1) is 18.1 Å². The van der Waals surface area contributed by atoms with Gasteiger partial charge in [-0.1, -0.05) is 6.08 Å². The van der Waals surface area contributed by atoms with Gasteiger partial charge in [0.15, 0.2) is 0 Å². The summed E-state index contributed by atoms with van der Waals surface area (Å²) in [5.74, 6) is 0.145. The Bertz CT molecular complexity index is 511. The van der Waals surface area contributed by atoms with E-state index < -0.39 is 5.91 Å². The molecule has 0 aromatic carbocycles. The molecule has 0 bridgehead atoms. The molecular formula is C11H9N3O2. The van der Waals surface area contributed by atoms with Crippen molar-refractivity contribution >= 4 is 5.91 Å². The lowest BCUT2D eigenvalue weighted by atomic mass is 10.2. The van der Waals surface area contributed by atoms with Crippen LogP contribution in [0.25, 0.3) is 0 Å². The van der Waals surface area contributed by atoms with Gasteiger partial charge in [-0.15, -0.1) is 0 Å². The lowest BCUT2D eigenvalue weighted by molar-refractivity contribution is -0.117. The van der Waals surface area contributed by atoms with E-state index in [9.17, 15) is 4.79 Å². The summed E-state index contributed by atoms with van der Waals surface area (Å²) in [5, 5.41) is 0.